The summed E-state index contributed by atoms with van der Waals surface area (Å²) < 4.78 is 5.46. The minimum Gasteiger partial charge on any atom is -0.367 e. The molecule has 1 aromatic rings. The fourth-order valence-electron chi connectivity index (χ4n) is 2.34. The van der Waals surface area contributed by atoms with Crippen LogP contribution in [0.25, 0.3) is 0 Å². The number of hydrogen-bond donors (Lipinski definition) is 1. The molecule has 0 bridgehead atoms. The maximum absolute atomic E-state index is 12.1. The Labute approximate surface area is 131 Å². The molecule has 0 spiro atoms. The molecule has 1 aliphatic heterocycles. The summed E-state index contributed by atoms with van der Waals surface area (Å²) in [6, 6.07) is 9.71. The lowest BCUT2D eigenvalue weighted by Gasteiger charge is -2.34. The van der Waals surface area contributed by atoms with Crippen molar-refractivity contribution in [3.63, 3.8) is 0 Å². The molecule has 6 nitrogen and oxygen atoms in total. The zero-order valence-electron chi connectivity index (χ0n) is 13.0. The van der Waals surface area contributed by atoms with E-state index in [2.05, 4.69) is 5.32 Å². The van der Waals surface area contributed by atoms with Crippen LogP contribution in [-0.4, -0.2) is 61.1 Å². The number of benzene rings is 1. The number of nitrogens with one attached hydrogen (secondary N) is 1. The maximum Gasteiger partial charge on any atom is 0.317 e. The predicted molar refractivity (Wildman–Crippen MR) is 83.3 cm³/mol. The summed E-state index contributed by atoms with van der Waals surface area (Å²) >= 11 is 0. The molecule has 1 heterocycles. The summed E-state index contributed by atoms with van der Waals surface area (Å²) in [5.74, 6) is -0.0218. The van der Waals surface area contributed by atoms with Crippen LogP contribution in [0.3, 0.4) is 0 Å². The Morgan fingerprint density at radius 2 is 1.73 bits per heavy atom. The summed E-state index contributed by atoms with van der Waals surface area (Å²) in [4.78, 5) is 27.2. The van der Waals surface area contributed by atoms with Crippen molar-refractivity contribution in [3.8, 4) is 0 Å². The van der Waals surface area contributed by atoms with Gasteiger partial charge in [-0.2, -0.15) is 0 Å². The van der Waals surface area contributed by atoms with E-state index in [9.17, 15) is 9.59 Å². The molecule has 0 saturated carbocycles. The van der Waals surface area contributed by atoms with Gasteiger partial charge in [-0.25, -0.2) is 4.79 Å². The van der Waals surface area contributed by atoms with E-state index in [1.165, 1.54) is 0 Å². The Bertz CT molecular complexity index is 485. The first-order valence-corrected chi connectivity index (χ1v) is 7.63. The summed E-state index contributed by atoms with van der Waals surface area (Å²) in [5.41, 5.74) is 1.05. The molecule has 1 fully saturated rings. The van der Waals surface area contributed by atoms with Gasteiger partial charge in [0.2, 0.25) is 5.91 Å². The van der Waals surface area contributed by atoms with Crippen molar-refractivity contribution in [1.29, 1.82) is 0 Å². The van der Waals surface area contributed by atoms with E-state index in [4.69, 9.17) is 4.74 Å². The molecule has 0 aliphatic carbocycles. The second kappa shape index (κ2) is 8.38. The zero-order valence-corrected chi connectivity index (χ0v) is 13.0. The lowest BCUT2D eigenvalue weighted by molar-refractivity contribution is -0.138. The second-order valence-electron chi connectivity index (χ2n) is 5.18. The standard InChI is InChI=1S/C16H23N3O3/c1-2-17-16(21)19-10-8-18(9-11-19)15(20)13-22-12-14-6-4-3-5-7-14/h3-7H,2,8-13H2,1H3,(H,17,21). The summed E-state index contributed by atoms with van der Waals surface area (Å²) in [6.45, 7) is 5.27. The van der Waals surface area contributed by atoms with E-state index < -0.39 is 0 Å². The van der Waals surface area contributed by atoms with Gasteiger partial charge in [-0.15, -0.1) is 0 Å². The number of piperazine rings is 1. The Balaban J connectivity index is 1.68. The topological polar surface area (TPSA) is 61.9 Å². The monoisotopic (exact) mass is 305 g/mol. The molecule has 0 aromatic heterocycles. The van der Waals surface area contributed by atoms with E-state index in [0.29, 0.717) is 39.3 Å². The Morgan fingerprint density at radius 3 is 2.36 bits per heavy atom. The van der Waals surface area contributed by atoms with Crippen LogP contribution in [0.1, 0.15) is 12.5 Å². The second-order valence-corrected chi connectivity index (χ2v) is 5.18. The quantitative estimate of drug-likeness (QED) is 0.885. The van der Waals surface area contributed by atoms with Gasteiger partial charge in [-0.05, 0) is 12.5 Å². The summed E-state index contributed by atoms with van der Waals surface area (Å²) in [7, 11) is 0. The lowest BCUT2D eigenvalue weighted by atomic mass is 10.2. The number of ether oxygens (including phenoxy) is 1. The summed E-state index contributed by atoms with van der Waals surface area (Å²) in [6.07, 6.45) is 0. The fraction of sp³-hybridized carbons (Fsp3) is 0.500. The first-order valence-electron chi connectivity index (χ1n) is 7.63. The summed E-state index contributed by atoms with van der Waals surface area (Å²) in [5, 5.41) is 2.77. The van der Waals surface area contributed by atoms with E-state index in [1.54, 1.807) is 9.80 Å². The third-order valence-corrected chi connectivity index (χ3v) is 3.58. The highest BCUT2D eigenvalue weighted by Gasteiger charge is 2.23. The average molecular weight is 305 g/mol. The van der Waals surface area contributed by atoms with Gasteiger partial charge in [0.25, 0.3) is 0 Å². The number of carbonyl (C=O) groups is 2. The Kier molecular flexibility index (Phi) is 6.21. The number of nitrogens with zero attached hydrogens (tertiary/aromatic N) is 2. The number of hydrogen-bond acceptors (Lipinski definition) is 3. The van der Waals surface area contributed by atoms with Crippen molar-refractivity contribution >= 4 is 11.9 Å². The molecule has 0 radical (unpaired) electrons. The zero-order chi connectivity index (χ0) is 15.8. The fourth-order valence-corrected chi connectivity index (χ4v) is 2.34. The van der Waals surface area contributed by atoms with Crippen LogP contribution in [-0.2, 0) is 16.1 Å². The van der Waals surface area contributed by atoms with Gasteiger partial charge in [-0.1, -0.05) is 30.3 Å². The molecular formula is C16H23N3O3. The molecule has 120 valence electrons. The van der Waals surface area contributed by atoms with Gasteiger partial charge in [0.15, 0.2) is 0 Å². The van der Waals surface area contributed by atoms with E-state index in [1.807, 2.05) is 37.3 Å². The van der Waals surface area contributed by atoms with Crippen molar-refractivity contribution in [2.45, 2.75) is 13.5 Å². The lowest BCUT2D eigenvalue weighted by Crippen LogP contribution is -2.53. The van der Waals surface area contributed by atoms with Crippen LogP contribution in [0.5, 0.6) is 0 Å². The molecule has 1 N–H and O–H groups in total. The first kappa shape index (κ1) is 16.3. The molecule has 3 amide bonds. The highest BCUT2D eigenvalue weighted by Crippen LogP contribution is 2.04. The Hall–Kier alpha value is -2.08. The number of amides is 3. The smallest absolute Gasteiger partial charge is 0.317 e. The molecule has 0 atom stereocenters. The molecule has 2 rings (SSSR count). The average Bonchev–Trinajstić information content (AvgIpc) is 2.56. The molecule has 6 heteroatoms. The van der Waals surface area contributed by atoms with Crippen LogP contribution in [0.4, 0.5) is 4.79 Å². The minimum absolute atomic E-state index is 0.0218. The SMILES string of the molecule is CCNC(=O)N1CCN(C(=O)COCc2ccccc2)CC1. The van der Waals surface area contributed by atoms with Gasteiger partial charge < -0.3 is 19.9 Å². The molecule has 1 saturated heterocycles. The first-order chi connectivity index (χ1) is 10.7. The Morgan fingerprint density at radius 1 is 1.09 bits per heavy atom. The molecule has 1 aromatic carbocycles. The van der Waals surface area contributed by atoms with Crippen LogP contribution < -0.4 is 5.32 Å². The third-order valence-electron chi connectivity index (χ3n) is 3.58. The number of carbonyl (C=O) groups excluding carboxylic acids is 2. The van der Waals surface area contributed by atoms with Crippen molar-refractivity contribution in [1.82, 2.24) is 15.1 Å². The van der Waals surface area contributed by atoms with Crippen LogP contribution in [0.2, 0.25) is 0 Å². The molecular weight excluding hydrogens is 282 g/mol. The number of urea groups is 1. The third kappa shape index (κ3) is 4.73. The van der Waals surface area contributed by atoms with Gasteiger partial charge in [0.1, 0.15) is 6.61 Å². The minimum atomic E-state index is -0.0603. The van der Waals surface area contributed by atoms with Crippen molar-refractivity contribution < 1.29 is 14.3 Å². The van der Waals surface area contributed by atoms with Crippen molar-refractivity contribution in [2.24, 2.45) is 0 Å². The van der Waals surface area contributed by atoms with Crippen LogP contribution in [0.15, 0.2) is 30.3 Å². The highest BCUT2D eigenvalue weighted by atomic mass is 16.5. The highest BCUT2D eigenvalue weighted by molar-refractivity contribution is 5.78. The maximum atomic E-state index is 12.1. The van der Waals surface area contributed by atoms with Gasteiger partial charge in [0, 0.05) is 32.7 Å². The van der Waals surface area contributed by atoms with Gasteiger partial charge >= 0.3 is 6.03 Å². The molecule has 22 heavy (non-hydrogen) atoms. The van der Waals surface area contributed by atoms with E-state index >= 15 is 0 Å². The number of rotatable bonds is 5. The predicted octanol–water partition coefficient (Wildman–Crippen LogP) is 1.08. The van der Waals surface area contributed by atoms with E-state index in [0.717, 1.165) is 5.56 Å². The van der Waals surface area contributed by atoms with Gasteiger partial charge in [-0.3, -0.25) is 4.79 Å². The van der Waals surface area contributed by atoms with E-state index in [-0.39, 0.29) is 18.5 Å². The molecule has 1 aliphatic rings. The molecule has 0 unspecified atom stereocenters. The van der Waals surface area contributed by atoms with Crippen molar-refractivity contribution in [3.05, 3.63) is 35.9 Å². The van der Waals surface area contributed by atoms with Crippen LogP contribution in [0, 0.1) is 0 Å². The van der Waals surface area contributed by atoms with Crippen molar-refractivity contribution in [2.75, 3.05) is 39.3 Å². The van der Waals surface area contributed by atoms with Crippen LogP contribution >= 0.6 is 0 Å². The normalized spacial score (nSPS) is 14.8. The van der Waals surface area contributed by atoms with Gasteiger partial charge in [0.05, 0.1) is 6.61 Å². The largest absolute Gasteiger partial charge is 0.367 e.